The summed E-state index contributed by atoms with van der Waals surface area (Å²) in [5.74, 6) is -0.418. The first-order valence-electron chi connectivity index (χ1n) is 4.80. The van der Waals surface area contributed by atoms with Gasteiger partial charge in [0.15, 0.2) is 0 Å². The van der Waals surface area contributed by atoms with Crippen molar-refractivity contribution >= 4 is 11.7 Å². The Morgan fingerprint density at radius 1 is 1.53 bits per heavy atom. The summed E-state index contributed by atoms with van der Waals surface area (Å²) in [7, 11) is 0. The number of carbonyl (C=O) groups is 2. The average molecular weight is 210 g/mol. The molecule has 0 aliphatic rings. The molecule has 0 saturated carbocycles. The molecule has 0 aromatic rings. The summed E-state index contributed by atoms with van der Waals surface area (Å²) in [6.45, 7) is 7.05. The van der Waals surface area contributed by atoms with Gasteiger partial charge in [0.25, 0.3) is 0 Å². The number of Topliss-reactive ketones (excluding diaryl/α,β-unsaturated/α-hetero) is 1. The first-order valence-corrected chi connectivity index (χ1v) is 4.80. The van der Waals surface area contributed by atoms with Crippen molar-refractivity contribution in [1.82, 2.24) is 5.32 Å². The molecule has 0 spiro atoms. The average Bonchev–Trinajstić information content (AvgIpc) is 2.14. The van der Waals surface area contributed by atoms with Crippen molar-refractivity contribution in [2.45, 2.75) is 26.3 Å². The molecule has 4 heteroatoms. The molecule has 0 rings (SSSR count). The molecule has 84 valence electrons. The number of carbonyl (C=O) groups excluding carboxylic acids is 2. The van der Waals surface area contributed by atoms with Crippen LogP contribution in [-0.2, 0) is 9.59 Å². The van der Waals surface area contributed by atoms with Crippen molar-refractivity contribution in [3.05, 3.63) is 24.3 Å². The number of allylic oxidation sites excluding steroid dienone is 2. The van der Waals surface area contributed by atoms with Crippen LogP contribution >= 0.6 is 0 Å². The second-order valence-electron chi connectivity index (χ2n) is 3.39. The highest BCUT2D eigenvalue weighted by molar-refractivity contribution is 5.87. The zero-order valence-corrected chi connectivity index (χ0v) is 9.25. The fourth-order valence-corrected chi connectivity index (χ4v) is 1.02. The molecule has 0 radical (unpaired) electrons. The summed E-state index contributed by atoms with van der Waals surface area (Å²) in [5.41, 5.74) is 6.41. The van der Waals surface area contributed by atoms with E-state index in [2.05, 4.69) is 11.9 Å². The molecule has 1 unspecified atom stereocenters. The molecule has 1 atom stereocenters. The topological polar surface area (TPSA) is 72.2 Å². The molecule has 0 saturated heterocycles. The van der Waals surface area contributed by atoms with E-state index in [1.54, 1.807) is 6.08 Å². The molecule has 0 heterocycles. The Bertz CT molecular complexity index is 282. The Kier molecular flexibility index (Phi) is 6.29. The molecule has 15 heavy (non-hydrogen) atoms. The Morgan fingerprint density at radius 2 is 2.13 bits per heavy atom. The zero-order chi connectivity index (χ0) is 11.8. The summed E-state index contributed by atoms with van der Waals surface area (Å²) in [5, 5.41) is 2.45. The summed E-state index contributed by atoms with van der Waals surface area (Å²) in [4.78, 5) is 21.9. The van der Waals surface area contributed by atoms with Gasteiger partial charge in [-0.1, -0.05) is 24.3 Å². The third-order valence-corrected chi connectivity index (χ3v) is 1.73. The number of nitrogens with two attached hydrogens (primary N) is 1. The number of hydrogen-bond acceptors (Lipinski definition) is 3. The lowest BCUT2D eigenvalue weighted by atomic mass is 10.1. The predicted octanol–water partition coefficient (Wildman–Crippen LogP) is 0.541. The van der Waals surface area contributed by atoms with Gasteiger partial charge in [-0.25, -0.2) is 0 Å². The third kappa shape index (κ3) is 6.62. The van der Waals surface area contributed by atoms with Gasteiger partial charge in [-0.15, -0.1) is 0 Å². The highest BCUT2D eigenvalue weighted by Crippen LogP contribution is 2.02. The Morgan fingerprint density at radius 3 is 2.60 bits per heavy atom. The van der Waals surface area contributed by atoms with Crippen LogP contribution in [0.2, 0.25) is 0 Å². The quantitative estimate of drug-likeness (QED) is 0.628. The monoisotopic (exact) mass is 210 g/mol. The van der Waals surface area contributed by atoms with E-state index in [0.29, 0.717) is 6.42 Å². The molecular weight excluding hydrogens is 192 g/mol. The predicted molar refractivity (Wildman–Crippen MR) is 60.2 cm³/mol. The van der Waals surface area contributed by atoms with Gasteiger partial charge in [0.05, 0.1) is 12.6 Å². The largest absolute Gasteiger partial charge is 0.348 e. The highest BCUT2D eigenvalue weighted by Gasteiger charge is 2.13. The smallest absolute Gasteiger partial charge is 0.237 e. The van der Waals surface area contributed by atoms with Gasteiger partial charge in [-0.3, -0.25) is 9.59 Å². The summed E-state index contributed by atoms with van der Waals surface area (Å²) >= 11 is 0. The Labute approximate surface area is 90.2 Å². The molecule has 0 aromatic heterocycles. The number of amides is 1. The van der Waals surface area contributed by atoms with Crippen molar-refractivity contribution in [3.63, 3.8) is 0 Å². The van der Waals surface area contributed by atoms with E-state index < -0.39 is 6.04 Å². The maximum Gasteiger partial charge on any atom is 0.237 e. The van der Waals surface area contributed by atoms with E-state index in [1.807, 2.05) is 13.0 Å². The van der Waals surface area contributed by atoms with Gasteiger partial charge >= 0.3 is 0 Å². The SMILES string of the molecule is C=C(/C=C\C)CC(N)C(=O)NCC(C)=O. The van der Waals surface area contributed by atoms with Crippen LogP contribution in [0.25, 0.3) is 0 Å². The van der Waals surface area contributed by atoms with E-state index in [-0.39, 0.29) is 18.2 Å². The molecule has 0 aromatic carbocycles. The van der Waals surface area contributed by atoms with Crippen LogP contribution in [0.15, 0.2) is 24.3 Å². The van der Waals surface area contributed by atoms with Gasteiger partial charge in [0.1, 0.15) is 5.78 Å². The van der Waals surface area contributed by atoms with Crippen LogP contribution in [-0.4, -0.2) is 24.3 Å². The molecule has 0 aliphatic heterocycles. The number of ketones is 1. The summed E-state index contributed by atoms with van der Waals surface area (Å²) in [6, 6.07) is -0.645. The minimum Gasteiger partial charge on any atom is -0.348 e. The van der Waals surface area contributed by atoms with Gasteiger partial charge in [-0.2, -0.15) is 0 Å². The lowest BCUT2D eigenvalue weighted by Crippen LogP contribution is -2.42. The third-order valence-electron chi connectivity index (χ3n) is 1.73. The van der Waals surface area contributed by atoms with Crippen LogP contribution in [0.4, 0.5) is 0 Å². The molecular formula is C11H18N2O2. The van der Waals surface area contributed by atoms with Crippen molar-refractivity contribution < 1.29 is 9.59 Å². The summed E-state index contributed by atoms with van der Waals surface area (Å²) < 4.78 is 0. The van der Waals surface area contributed by atoms with E-state index in [1.165, 1.54) is 6.92 Å². The van der Waals surface area contributed by atoms with Gasteiger partial charge in [0, 0.05) is 0 Å². The van der Waals surface area contributed by atoms with E-state index in [9.17, 15) is 9.59 Å². The van der Waals surface area contributed by atoms with Gasteiger partial charge in [0.2, 0.25) is 5.91 Å². The fraction of sp³-hybridized carbons (Fsp3) is 0.455. The van der Waals surface area contributed by atoms with Crippen LogP contribution in [0, 0.1) is 0 Å². The maximum atomic E-state index is 11.3. The maximum absolute atomic E-state index is 11.3. The minimum absolute atomic E-state index is 0.0304. The van der Waals surface area contributed by atoms with Crippen LogP contribution < -0.4 is 11.1 Å². The Hall–Kier alpha value is -1.42. The summed E-state index contributed by atoms with van der Waals surface area (Å²) in [6.07, 6.45) is 4.04. The fourth-order valence-electron chi connectivity index (χ4n) is 1.02. The van der Waals surface area contributed by atoms with Crippen molar-refractivity contribution in [3.8, 4) is 0 Å². The van der Waals surface area contributed by atoms with Gasteiger partial charge in [-0.05, 0) is 20.3 Å². The van der Waals surface area contributed by atoms with Crippen molar-refractivity contribution in [2.24, 2.45) is 5.73 Å². The zero-order valence-electron chi connectivity index (χ0n) is 9.25. The second-order valence-corrected chi connectivity index (χ2v) is 3.39. The molecule has 4 nitrogen and oxygen atoms in total. The first-order chi connectivity index (χ1) is 6.97. The van der Waals surface area contributed by atoms with Gasteiger partial charge < -0.3 is 11.1 Å². The molecule has 0 fully saturated rings. The lowest BCUT2D eigenvalue weighted by Gasteiger charge is -2.11. The lowest BCUT2D eigenvalue weighted by molar-refractivity contribution is -0.125. The molecule has 0 bridgehead atoms. The van der Waals surface area contributed by atoms with Crippen molar-refractivity contribution in [2.75, 3.05) is 6.54 Å². The van der Waals surface area contributed by atoms with E-state index in [4.69, 9.17) is 5.73 Å². The van der Waals surface area contributed by atoms with Crippen LogP contribution in [0.5, 0.6) is 0 Å². The van der Waals surface area contributed by atoms with E-state index >= 15 is 0 Å². The van der Waals surface area contributed by atoms with Crippen LogP contribution in [0.3, 0.4) is 0 Å². The number of nitrogens with one attached hydrogen (secondary N) is 1. The molecule has 0 aliphatic carbocycles. The first kappa shape index (κ1) is 13.6. The number of rotatable bonds is 6. The minimum atomic E-state index is -0.645. The van der Waals surface area contributed by atoms with Crippen LogP contribution in [0.1, 0.15) is 20.3 Å². The second kappa shape index (κ2) is 6.95. The Balaban J connectivity index is 3.98. The van der Waals surface area contributed by atoms with Crippen molar-refractivity contribution in [1.29, 1.82) is 0 Å². The standard InChI is InChI=1S/C11H18N2O2/c1-4-5-8(2)6-10(12)11(15)13-7-9(3)14/h4-5,10H,2,6-7,12H2,1,3H3,(H,13,15)/b5-4-. The van der Waals surface area contributed by atoms with E-state index in [0.717, 1.165) is 5.57 Å². The normalized spacial score (nSPS) is 12.5. The highest BCUT2D eigenvalue weighted by atomic mass is 16.2. The number of hydrogen-bond donors (Lipinski definition) is 2. The molecule has 1 amide bonds. The molecule has 3 N–H and O–H groups in total.